The summed E-state index contributed by atoms with van der Waals surface area (Å²) in [7, 11) is 0. The number of alkyl halides is 3. The predicted octanol–water partition coefficient (Wildman–Crippen LogP) is 1.93. The van der Waals surface area contributed by atoms with Crippen molar-refractivity contribution < 1.29 is 27.8 Å². The summed E-state index contributed by atoms with van der Waals surface area (Å²) in [6.45, 7) is 0. The zero-order valence-corrected chi connectivity index (χ0v) is 10.4. The van der Waals surface area contributed by atoms with Crippen LogP contribution in [0, 0.1) is 0 Å². The van der Waals surface area contributed by atoms with Crippen LogP contribution in [0.4, 0.5) is 13.2 Å². The number of halogens is 3. The van der Waals surface area contributed by atoms with E-state index >= 15 is 0 Å². The minimum Gasteiger partial charge on any atom is -0.392 e. The molecule has 2 rings (SSSR count). The molecule has 3 atom stereocenters. The summed E-state index contributed by atoms with van der Waals surface area (Å²) in [6.07, 6.45) is -6.98. The standard InChI is InChI=1S/C13H14F3NO3/c14-13(15,16)20-7-5-10(11(18)6-7)8-3-1-2-4-9(8)12(17)19/h1-4,7,10-11,18H,5-6H2,(H2,17,19)/t7-,10-,11-/m0/s1. The van der Waals surface area contributed by atoms with Gasteiger partial charge in [0.15, 0.2) is 0 Å². The molecule has 1 saturated carbocycles. The smallest absolute Gasteiger partial charge is 0.392 e. The van der Waals surface area contributed by atoms with E-state index in [2.05, 4.69) is 4.74 Å². The van der Waals surface area contributed by atoms with Crippen LogP contribution >= 0.6 is 0 Å². The summed E-state index contributed by atoms with van der Waals surface area (Å²) in [6, 6.07) is 6.33. The number of carbonyl (C=O) groups is 1. The number of hydrogen-bond acceptors (Lipinski definition) is 3. The zero-order valence-electron chi connectivity index (χ0n) is 10.4. The maximum Gasteiger partial charge on any atom is 0.522 e. The third kappa shape index (κ3) is 3.29. The number of aliphatic hydroxyl groups excluding tert-OH is 1. The van der Waals surface area contributed by atoms with Crippen molar-refractivity contribution in [3.05, 3.63) is 35.4 Å². The van der Waals surface area contributed by atoms with Gasteiger partial charge in [-0.05, 0) is 18.1 Å². The van der Waals surface area contributed by atoms with E-state index in [1.165, 1.54) is 6.07 Å². The van der Waals surface area contributed by atoms with Crippen LogP contribution in [-0.2, 0) is 4.74 Å². The lowest BCUT2D eigenvalue weighted by atomic mass is 9.91. The molecule has 0 radical (unpaired) electrons. The van der Waals surface area contributed by atoms with Crippen LogP contribution in [-0.4, -0.2) is 29.6 Å². The van der Waals surface area contributed by atoms with Crippen molar-refractivity contribution in [1.82, 2.24) is 0 Å². The number of nitrogens with two attached hydrogens (primary N) is 1. The average molecular weight is 289 g/mol. The lowest BCUT2D eigenvalue weighted by Gasteiger charge is -2.17. The van der Waals surface area contributed by atoms with E-state index in [0.29, 0.717) is 5.56 Å². The Morgan fingerprint density at radius 2 is 1.95 bits per heavy atom. The molecule has 0 bridgehead atoms. The van der Waals surface area contributed by atoms with Gasteiger partial charge in [-0.2, -0.15) is 0 Å². The first kappa shape index (κ1) is 14.8. The minimum atomic E-state index is -4.73. The van der Waals surface area contributed by atoms with E-state index in [4.69, 9.17) is 5.73 Å². The molecule has 3 N–H and O–H groups in total. The van der Waals surface area contributed by atoms with Crippen LogP contribution in [0.25, 0.3) is 0 Å². The van der Waals surface area contributed by atoms with Crippen molar-refractivity contribution >= 4 is 5.91 Å². The monoisotopic (exact) mass is 289 g/mol. The molecule has 0 saturated heterocycles. The second-order valence-corrected chi connectivity index (χ2v) is 4.78. The normalized spacial score (nSPS) is 26.7. The highest BCUT2D eigenvalue weighted by Crippen LogP contribution is 2.39. The molecule has 1 amide bonds. The second-order valence-electron chi connectivity index (χ2n) is 4.78. The molecule has 1 aromatic carbocycles. The van der Waals surface area contributed by atoms with Crippen LogP contribution in [0.3, 0.4) is 0 Å². The first-order valence-corrected chi connectivity index (χ1v) is 6.09. The Labute approximate surface area is 113 Å². The Bertz CT molecular complexity index is 504. The van der Waals surface area contributed by atoms with Crippen LogP contribution < -0.4 is 5.73 Å². The summed E-state index contributed by atoms with van der Waals surface area (Å²) in [4.78, 5) is 11.3. The molecule has 7 heteroatoms. The Morgan fingerprint density at radius 1 is 1.30 bits per heavy atom. The van der Waals surface area contributed by atoms with Crippen molar-refractivity contribution in [3.8, 4) is 0 Å². The largest absolute Gasteiger partial charge is 0.522 e. The highest BCUT2D eigenvalue weighted by atomic mass is 19.4. The Balaban J connectivity index is 2.20. The lowest BCUT2D eigenvalue weighted by molar-refractivity contribution is -0.342. The predicted molar refractivity (Wildman–Crippen MR) is 63.9 cm³/mol. The Kier molecular flexibility index (Phi) is 4.01. The first-order valence-electron chi connectivity index (χ1n) is 6.09. The molecule has 4 nitrogen and oxygen atoms in total. The van der Waals surface area contributed by atoms with Gasteiger partial charge in [0.1, 0.15) is 0 Å². The van der Waals surface area contributed by atoms with Crippen LogP contribution in [0.15, 0.2) is 24.3 Å². The van der Waals surface area contributed by atoms with Crippen molar-refractivity contribution in [2.45, 2.75) is 37.3 Å². The van der Waals surface area contributed by atoms with Gasteiger partial charge >= 0.3 is 6.36 Å². The van der Waals surface area contributed by atoms with Gasteiger partial charge < -0.3 is 10.8 Å². The summed E-state index contributed by atoms with van der Waals surface area (Å²) in [5.41, 5.74) is 5.90. The maximum atomic E-state index is 12.2. The van der Waals surface area contributed by atoms with Crippen LogP contribution in [0.5, 0.6) is 0 Å². The number of primary amides is 1. The minimum absolute atomic E-state index is 0.00896. The van der Waals surface area contributed by atoms with E-state index in [1.54, 1.807) is 18.2 Å². The summed E-state index contributed by atoms with van der Waals surface area (Å²) >= 11 is 0. The van der Waals surface area contributed by atoms with Gasteiger partial charge in [0.05, 0.1) is 12.2 Å². The maximum absolute atomic E-state index is 12.2. The third-order valence-corrected chi connectivity index (χ3v) is 3.41. The van der Waals surface area contributed by atoms with Gasteiger partial charge in [0.2, 0.25) is 5.91 Å². The molecule has 1 aromatic rings. The number of rotatable bonds is 3. The SMILES string of the molecule is NC(=O)c1ccccc1[C@@H]1C[C@H](OC(F)(F)F)C[C@@H]1O. The molecule has 0 aliphatic heterocycles. The van der Waals surface area contributed by atoms with Crippen molar-refractivity contribution in [3.63, 3.8) is 0 Å². The second kappa shape index (κ2) is 5.41. The molecular formula is C13H14F3NO3. The van der Waals surface area contributed by atoms with Crippen LogP contribution in [0.1, 0.15) is 34.7 Å². The van der Waals surface area contributed by atoms with E-state index in [0.717, 1.165) is 0 Å². The van der Waals surface area contributed by atoms with Gasteiger partial charge in [0.25, 0.3) is 0 Å². The van der Waals surface area contributed by atoms with Gasteiger partial charge in [-0.3, -0.25) is 9.53 Å². The van der Waals surface area contributed by atoms with Crippen molar-refractivity contribution in [2.75, 3.05) is 0 Å². The number of benzene rings is 1. The fraction of sp³-hybridized carbons (Fsp3) is 0.462. The summed E-state index contributed by atoms with van der Waals surface area (Å²) in [5.74, 6) is -1.26. The summed E-state index contributed by atoms with van der Waals surface area (Å²) in [5, 5.41) is 9.92. The lowest BCUT2D eigenvalue weighted by Crippen LogP contribution is -2.22. The highest BCUT2D eigenvalue weighted by molar-refractivity contribution is 5.94. The van der Waals surface area contributed by atoms with Gasteiger partial charge in [-0.15, -0.1) is 13.2 Å². The Morgan fingerprint density at radius 3 is 2.55 bits per heavy atom. The average Bonchev–Trinajstić information content (AvgIpc) is 2.67. The van der Waals surface area contributed by atoms with E-state index in [9.17, 15) is 23.1 Å². The van der Waals surface area contributed by atoms with E-state index in [-0.39, 0.29) is 18.4 Å². The summed E-state index contributed by atoms with van der Waals surface area (Å²) < 4.78 is 40.5. The van der Waals surface area contributed by atoms with Gasteiger partial charge in [-0.25, -0.2) is 0 Å². The number of ether oxygens (including phenoxy) is 1. The van der Waals surface area contributed by atoms with Crippen LogP contribution in [0.2, 0.25) is 0 Å². The number of aliphatic hydroxyl groups is 1. The fourth-order valence-corrected chi connectivity index (χ4v) is 2.63. The molecule has 20 heavy (non-hydrogen) atoms. The van der Waals surface area contributed by atoms with E-state index < -0.39 is 30.4 Å². The van der Waals surface area contributed by atoms with Crippen molar-refractivity contribution in [1.29, 1.82) is 0 Å². The molecule has 0 heterocycles. The Hall–Kier alpha value is -1.60. The van der Waals surface area contributed by atoms with E-state index in [1.807, 2.05) is 0 Å². The zero-order chi connectivity index (χ0) is 14.9. The number of carbonyl (C=O) groups excluding carboxylic acids is 1. The molecular weight excluding hydrogens is 275 g/mol. The van der Waals surface area contributed by atoms with Gasteiger partial charge in [-0.1, -0.05) is 18.2 Å². The molecule has 0 aromatic heterocycles. The first-order chi connectivity index (χ1) is 9.28. The number of hydrogen-bond donors (Lipinski definition) is 2. The van der Waals surface area contributed by atoms with Crippen molar-refractivity contribution in [2.24, 2.45) is 5.73 Å². The molecule has 1 aliphatic rings. The molecule has 0 spiro atoms. The topological polar surface area (TPSA) is 72.6 Å². The molecule has 110 valence electrons. The third-order valence-electron chi connectivity index (χ3n) is 3.41. The quantitative estimate of drug-likeness (QED) is 0.893. The molecule has 1 aliphatic carbocycles. The fourth-order valence-electron chi connectivity index (χ4n) is 2.63. The molecule has 1 fully saturated rings. The molecule has 0 unspecified atom stereocenters. The van der Waals surface area contributed by atoms with Gasteiger partial charge in [0, 0.05) is 17.9 Å². The highest BCUT2D eigenvalue weighted by Gasteiger charge is 2.42. The number of amides is 1.